The van der Waals surface area contributed by atoms with E-state index in [4.69, 9.17) is 4.74 Å². The van der Waals surface area contributed by atoms with Crippen molar-refractivity contribution >= 4 is 0 Å². The third kappa shape index (κ3) is 3.32. The van der Waals surface area contributed by atoms with Gasteiger partial charge in [-0.15, -0.1) is 0 Å². The minimum atomic E-state index is -0.574. The average Bonchev–Trinajstić information content (AvgIpc) is 3.54. The molecule has 1 saturated heterocycles. The highest BCUT2D eigenvalue weighted by atomic mass is 16.6. The van der Waals surface area contributed by atoms with Crippen molar-refractivity contribution in [2.45, 2.75) is 31.3 Å². The van der Waals surface area contributed by atoms with Gasteiger partial charge in [0.25, 0.3) is 0 Å². The highest BCUT2D eigenvalue weighted by Gasteiger charge is 2.47. The summed E-state index contributed by atoms with van der Waals surface area (Å²) in [6, 6.07) is 24.3. The van der Waals surface area contributed by atoms with Gasteiger partial charge in [-0.1, -0.05) is 80.6 Å². The van der Waals surface area contributed by atoms with Crippen LogP contribution in [0.3, 0.4) is 0 Å². The van der Waals surface area contributed by atoms with Gasteiger partial charge in [-0.05, 0) is 28.3 Å². The van der Waals surface area contributed by atoms with Crippen LogP contribution in [0, 0.1) is 0 Å². The van der Waals surface area contributed by atoms with Gasteiger partial charge in [0.2, 0.25) is 0 Å². The molecule has 0 aliphatic carbocycles. The fourth-order valence-corrected chi connectivity index (χ4v) is 4.00. The standard InChI is InChI=1S/C25H26O3/c1-17(19-8-4-3-5-9-19)22-14-20(12-13-23(22)25(15-26)16-28-25)18(2)21-10-6-7-11-24(21)27/h3-14,17-18,26-27H,15-16H2,1-2H3. The zero-order chi connectivity index (χ0) is 19.7. The Morgan fingerprint density at radius 1 is 0.857 bits per heavy atom. The largest absolute Gasteiger partial charge is 0.508 e. The molecule has 0 spiro atoms. The maximum absolute atomic E-state index is 10.3. The summed E-state index contributed by atoms with van der Waals surface area (Å²) in [5.74, 6) is 0.539. The number of benzene rings is 3. The summed E-state index contributed by atoms with van der Waals surface area (Å²) in [6.45, 7) is 4.83. The van der Waals surface area contributed by atoms with E-state index in [0.29, 0.717) is 12.4 Å². The molecular formula is C25H26O3. The molecule has 1 heterocycles. The summed E-state index contributed by atoms with van der Waals surface area (Å²) in [5.41, 5.74) is 4.92. The first kappa shape index (κ1) is 18.7. The lowest BCUT2D eigenvalue weighted by atomic mass is 9.81. The average molecular weight is 374 g/mol. The number of ether oxygens (including phenoxy) is 1. The van der Waals surface area contributed by atoms with E-state index in [-0.39, 0.29) is 18.4 Å². The highest BCUT2D eigenvalue weighted by molar-refractivity contribution is 5.48. The van der Waals surface area contributed by atoms with Crippen LogP contribution in [-0.4, -0.2) is 23.4 Å². The maximum atomic E-state index is 10.3. The first-order valence-electron chi connectivity index (χ1n) is 9.78. The highest BCUT2D eigenvalue weighted by Crippen LogP contribution is 2.44. The molecular weight excluding hydrogens is 348 g/mol. The SMILES string of the molecule is CC(c1ccc(C2(CO)CO2)c(C(C)c2ccccc2)c1)c1ccccc1O. The molecule has 1 aliphatic rings. The van der Waals surface area contributed by atoms with Gasteiger partial charge in [-0.3, -0.25) is 0 Å². The van der Waals surface area contributed by atoms with Gasteiger partial charge in [0.05, 0.1) is 13.2 Å². The van der Waals surface area contributed by atoms with Crippen LogP contribution < -0.4 is 0 Å². The van der Waals surface area contributed by atoms with Gasteiger partial charge in [0, 0.05) is 17.4 Å². The number of aliphatic hydroxyl groups is 1. The molecule has 0 aromatic heterocycles. The molecule has 3 nitrogen and oxygen atoms in total. The molecule has 3 atom stereocenters. The number of epoxide rings is 1. The molecule has 0 saturated carbocycles. The number of hydrogen-bond donors (Lipinski definition) is 2. The number of phenolic OH excluding ortho intramolecular Hbond substituents is 1. The Morgan fingerprint density at radius 2 is 1.50 bits per heavy atom. The van der Waals surface area contributed by atoms with Crippen molar-refractivity contribution in [3.8, 4) is 5.75 Å². The van der Waals surface area contributed by atoms with E-state index in [2.05, 4.69) is 56.3 Å². The summed E-state index contributed by atoms with van der Waals surface area (Å²) in [5, 5.41) is 20.2. The molecule has 0 radical (unpaired) electrons. The number of aliphatic hydroxyl groups excluding tert-OH is 1. The van der Waals surface area contributed by atoms with Gasteiger partial charge >= 0.3 is 0 Å². The number of aromatic hydroxyl groups is 1. The zero-order valence-corrected chi connectivity index (χ0v) is 16.3. The quantitative estimate of drug-likeness (QED) is 0.603. The molecule has 3 unspecified atom stereocenters. The van der Waals surface area contributed by atoms with Gasteiger partial charge in [0.1, 0.15) is 11.4 Å². The topological polar surface area (TPSA) is 53.0 Å². The second-order valence-corrected chi connectivity index (χ2v) is 7.70. The third-order valence-electron chi connectivity index (χ3n) is 5.98. The smallest absolute Gasteiger partial charge is 0.140 e. The fourth-order valence-electron chi connectivity index (χ4n) is 4.00. The third-order valence-corrected chi connectivity index (χ3v) is 5.98. The Morgan fingerprint density at radius 3 is 2.14 bits per heavy atom. The molecule has 3 heteroatoms. The number of hydrogen-bond acceptors (Lipinski definition) is 3. The zero-order valence-electron chi connectivity index (χ0n) is 16.3. The lowest BCUT2D eigenvalue weighted by Gasteiger charge is -2.23. The van der Waals surface area contributed by atoms with Crippen molar-refractivity contribution in [1.29, 1.82) is 0 Å². The van der Waals surface area contributed by atoms with Gasteiger partial charge < -0.3 is 14.9 Å². The predicted octanol–water partition coefficient (Wildman–Crippen LogP) is 4.91. The Labute approximate surface area is 166 Å². The van der Waals surface area contributed by atoms with Crippen LogP contribution in [0.15, 0.2) is 72.8 Å². The van der Waals surface area contributed by atoms with Gasteiger partial charge in [-0.2, -0.15) is 0 Å². The van der Waals surface area contributed by atoms with Crippen LogP contribution in [0.4, 0.5) is 0 Å². The molecule has 2 N–H and O–H groups in total. The summed E-state index contributed by atoms with van der Waals surface area (Å²) in [7, 11) is 0. The van der Waals surface area contributed by atoms with Crippen molar-refractivity contribution in [3.05, 3.63) is 101 Å². The van der Waals surface area contributed by atoms with Crippen molar-refractivity contribution in [1.82, 2.24) is 0 Å². The van der Waals surface area contributed by atoms with Crippen LogP contribution in [0.2, 0.25) is 0 Å². The maximum Gasteiger partial charge on any atom is 0.140 e. The summed E-state index contributed by atoms with van der Waals surface area (Å²) >= 11 is 0. The van der Waals surface area contributed by atoms with Gasteiger partial charge in [-0.25, -0.2) is 0 Å². The lowest BCUT2D eigenvalue weighted by Crippen LogP contribution is -2.18. The van der Waals surface area contributed by atoms with Crippen LogP contribution in [0.25, 0.3) is 0 Å². The molecule has 28 heavy (non-hydrogen) atoms. The van der Waals surface area contributed by atoms with E-state index in [1.165, 1.54) is 5.56 Å². The van der Waals surface area contributed by atoms with E-state index in [1.54, 1.807) is 6.07 Å². The summed E-state index contributed by atoms with van der Waals surface area (Å²) in [6.07, 6.45) is 0. The number of para-hydroxylation sites is 1. The molecule has 144 valence electrons. The summed E-state index contributed by atoms with van der Waals surface area (Å²) in [4.78, 5) is 0. The first-order chi connectivity index (χ1) is 13.6. The molecule has 0 bridgehead atoms. The monoisotopic (exact) mass is 374 g/mol. The first-order valence-corrected chi connectivity index (χ1v) is 9.78. The molecule has 1 fully saturated rings. The Kier molecular flexibility index (Phi) is 4.96. The minimum absolute atomic E-state index is 0.0180. The number of phenols is 1. The molecule has 3 aromatic rings. The van der Waals surface area contributed by atoms with E-state index >= 15 is 0 Å². The fraction of sp³-hybridized carbons (Fsp3) is 0.280. The molecule has 0 amide bonds. The lowest BCUT2D eigenvalue weighted by molar-refractivity contribution is 0.172. The van der Waals surface area contributed by atoms with Crippen LogP contribution in [0.1, 0.15) is 53.5 Å². The van der Waals surface area contributed by atoms with E-state index < -0.39 is 5.60 Å². The van der Waals surface area contributed by atoms with Crippen molar-refractivity contribution in [2.75, 3.05) is 13.2 Å². The van der Waals surface area contributed by atoms with E-state index in [9.17, 15) is 10.2 Å². The molecule has 4 rings (SSSR count). The van der Waals surface area contributed by atoms with Crippen LogP contribution >= 0.6 is 0 Å². The predicted molar refractivity (Wildman–Crippen MR) is 111 cm³/mol. The van der Waals surface area contributed by atoms with Crippen LogP contribution in [-0.2, 0) is 10.3 Å². The second-order valence-electron chi connectivity index (χ2n) is 7.70. The van der Waals surface area contributed by atoms with Crippen LogP contribution in [0.5, 0.6) is 5.75 Å². The molecule has 1 aliphatic heterocycles. The summed E-state index contributed by atoms with van der Waals surface area (Å²) < 4.78 is 5.67. The van der Waals surface area contributed by atoms with E-state index in [1.807, 2.05) is 24.3 Å². The van der Waals surface area contributed by atoms with E-state index in [0.717, 1.165) is 22.3 Å². The normalized spacial score (nSPS) is 20.5. The van der Waals surface area contributed by atoms with Crippen molar-refractivity contribution in [3.63, 3.8) is 0 Å². The van der Waals surface area contributed by atoms with Crippen molar-refractivity contribution in [2.24, 2.45) is 0 Å². The number of rotatable bonds is 6. The molecule has 3 aromatic carbocycles. The Balaban J connectivity index is 1.80. The van der Waals surface area contributed by atoms with Gasteiger partial charge in [0.15, 0.2) is 0 Å². The second kappa shape index (κ2) is 7.42. The Bertz CT molecular complexity index is 961. The van der Waals surface area contributed by atoms with Crippen molar-refractivity contribution < 1.29 is 14.9 Å². The Hall–Kier alpha value is -2.62. The minimum Gasteiger partial charge on any atom is -0.508 e.